The number of nitrogens with one attached hydrogen (secondary N) is 1. The van der Waals surface area contributed by atoms with E-state index in [0.717, 1.165) is 6.42 Å². The van der Waals surface area contributed by atoms with E-state index in [1.54, 1.807) is 4.90 Å². The van der Waals surface area contributed by atoms with Gasteiger partial charge in [0.1, 0.15) is 5.54 Å². The van der Waals surface area contributed by atoms with Gasteiger partial charge in [0.05, 0.1) is 6.54 Å². The molecule has 1 saturated heterocycles. The van der Waals surface area contributed by atoms with Crippen molar-refractivity contribution in [3.8, 4) is 0 Å². The van der Waals surface area contributed by atoms with Crippen molar-refractivity contribution in [2.24, 2.45) is 5.41 Å². The van der Waals surface area contributed by atoms with E-state index in [4.69, 9.17) is 0 Å². The van der Waals surface area contributed by atoms with Crippen molar-refractivity contribution >= 4 is 11.8 Å². The topological polar surface area (TPSA) is 49.4 Å². The third-order valence-corrected chi connectivity index (χ3v) is 3.90. The fraction of sp³-hybridized carbons (Fsp3) is 0.857. The summed E-state index contributed by atoms with van der Waals surface area (Å²) in [5.41, 5.74) is -0.470. The summed E-state index contributed by atoms with van der Waals surface area (Å²) in [6, 6.07) is 0. The van der Waals surface area contributed by atoms with Gasteiger partial charge in [-0.25, -0.2) is 0 Å². The quantitative estimate of drug-likeness (QED) is 0.833. The van der Waals surface area contributed by atoms with Gasteiger partial charge < -0.3 is 10.2 Å². The molecule has 1 heterocycles. The van der Waals surface area contributed by atoms with Gasteiger partial charge in [-0.3, -0.25) is 9.59 Å². The molecule has 1 aliphatic rings. The monoisotopic (exact) mass is 254 g/mol. The van der Waals surface area contributed by atoms with Crippen LogP contribution in [0.15, 0.2) is 0 Å². The Morgan fingerprint density at radius 2 is 1.78 bits per heavy atom. The highest BCUT2D eigenvalue weighted by atomic mass is 16.2. The minimum absolute atomic E-state index is 0.000934. The molecule has 1 fully saturated rings. The zero-order valence-corrected chi connectivity index (χ0v) is 12.3. The lowest BCUT2D eigenvalue weighted by molar-refractivity contribution is -0.154. The molecule has 0 aromatic carbocycles. The third-order valence-electron chi connectivity index (χ3n) is 3.90. The molecule has 1 rings (SSSR count). The van der Waals surface area contributed by atoms with Crippen LogP contribution in [0.3, 0.4) is 0 Å². The number of amides is 2. The number of carbonyl (C=O) groups excluding carboxylic acids is 2. The van der Waals surface area contributed by atoms with E-state index in [9.17, 15) is 9.59 Å². The average Bonchev–Trinajstić information content (AvgIpc) is 2.29. The van der Waals surface area contributed by atoms with Crippen LogP contribution in [0.4, 0.5) is 0 Å². The van der Waals surface area contributed by atoms with Crippen LogP contribution in [0.25, 0.3) is 0 Å². The van der Waals surface area contributed by atoms with E-state index < -0.39 is 5.54 Å². The molecule has 0 radical (unpaired) electrons. The predicted molar refractivity (Wildman–Crippen MR) is 72.1 cm³/mol. The smallest absolute Gasteiger partial charge is 0.246 e. The second-order valence-electron chi connectivity index (χ2n) is 6.28. The Balaban J connectivity index is 2.93. The Morgan fingerprint density at radius 3 is 2.22 bits per heavy atom. The minimum atomic E-state index is -0.638. The molecule has 0 bridgehead atoms. The van der Waals surface area contributed by atoms with Gasteiger partial charge in [-0.2, -0.15) is 0 Å². The molecular formula is C14H26N2O2. The van der Waals surface area contributed by atoms with Crippen molar-refractivity contribution in [2.75, 3.05) is 13.1 Å². The Morgan fingerprint density at radius 1 is 1.22 bits per heavy atom. The fourth-order valence-electron chi connectivity index (χ4n) is 2.52. The lowest BCUT2D eigenvalue weighted by Crippen LogP contribution is -2.67. The Kier molecular flexibility index (Phi) is 4.41. The van der Waals surface area contributed by atoms with Gasteiger partial charge in [-0.15, -0.1) is 0 Å². The molecule has 0 atom stereocenters. The summed E-state index contributed by atoms with van der Waals surface area (Å²) >= 11 is 0. The average molecular weight is 254 g/mol. The van der Waals surface area contributed by atoms with Gasteiger partial charge in [0.2, 0.25) is 11.8 Å². The molecule has 1 aliphatic heterocycles. The van der Waals surface area contributed by atoms with E-state index >= 15 is 0 Å². The molecule has 4 nitrogen and oxygen atoms in total. The molecule has 4 heteroatoms. The molecule has 0 aromatic rings. The molecule has 2 amide bonds. The summed E-state index contributed by atoms with van der Waals surface area (Å²) in [6.45, 7) is 11.2. The van der Waals surface area contributed by atoms with Crippen LogP contribution >= 0.6 is 0 Å². The summed E-state index contributed by atoms with van der Waals surface area (Å²) in [6.07, 6.45) is 2.25. The van der Waals surface area contributed by atoms with Crippen LogP contribution in [0, 0.1) is 5.41 Å². The van der Waals surface area contributed by atoms with Crippen molar-refractivity contribution in [3.63, 3.8) is 0 Å². The van der Waals surface area contributed by atoms with Gasteiger partial charge in [-0.05, 0) is 24.7 Å². The predicted octanol–water partition coefficient (Wildman–Crippen LogP) is 1.94. The first-order valence-corrected chi connectivity index (χ1v) is 6.85. The fourth-order valence-corrected chi connectivity index (χ4v) is 2.52. The van der Waals surface area contributed by atoms with Crippen LogP contribution in [-0.2, 0) is 9.59 Å². The summed E-state index contributed by atoms with van der Waals surface area (Å²) in [5.74, 6) is 0.0450. The van der Waals surface area contributed by atoms with Crippen molar-refractivity contribution in [2.45, 2.75) is 59.4 Å². The van der Waals surface area contributed by atoms with Crippen molar-refractivity contribution < 1.29 is 9.59 Å². The minimum Gasteiger partial charge on any atom is -0.345 e. The summed E-state index contributed by atoms with van der Waals surface area (Å²) in [4.78, 5) is 26.1. The maximum absolute atomic E-state index is 12.2. The zero-order valence-electron chi connectivity index (χ0n) is 12.3. The number of hydrogen-bond donors (Lipinski definition) is 1. The summed E-state index contributed by atoms with van der Waals surface area (Å²) in [7, 11) is 0. The second-order valence-corrected chi connectivity index (χ2v) is 6.28. The molecule has 0 aliphatic carbocycles. The molecular weight excluding hydrogens is 228 g/mol. The molecule has 1 N–H and O–H groups in total. The van der Waals surface area contributed by atoms with Crippen LogP contribution in [0.5, 0.6) is 0 Å². The van der Waals surface area contributed by atoms with Crippen LogP contribution < -0.4 is 5.32 Å². The highest BCUT2D eigenvalue weighted by Gasteiger charge is 2.46. The SMILES string of the molecule is CCC1(CC)C(=O)NCC(=O)N1CCC(C)(C)C. The lowest BCUT2D eigenvalue weighted by Gasteiger charge is -2.45. The largest absolute Gasteiger partial charge is 0.345 e. The maximum atomic E-state index is 12.2. The van der Waals surface area contributed by atoms with Crippen molar-refractivity contribution in [1.29, 1.82) is 0 Å². The Bertz CT molecular complexity index is 327. The number of carbonyl (C=O) groups is 2. The standard InChI is InChI=1S/C14H26N2O2/c1-6-14(7-2)12(18)15-10-11(17)16(14)9-8-13(3,4)5/h6-10H2,1-5H3,(H,15,18). The first-order valence-electron chi connectivity index (χ1n) is 6.85. The number of rotatable bonds is 4. The van der Waals surface area contributed by atoms with Crippen molar-refractivity contribution in [3.05, 3.63) is 0 Å². The lowest BCUT2D eigenvalue weighted by atomic mass is 9.85. The summed E-state index contributed by atoms with van der Waals surface area (Å²) < 4.78 is 0. The molecule has 104 valence electrons. The number of nitrogens with zero attached hydrogens (tertiary/aromatic N) is 1. The molecule has 0 spiro atoms. The van der Waals surface area contributed by atoms with E-state index in [1.807, 2.05) is 13.8 Å². The van der Waals surface area contributed by atoms with E-state index in [-0.39, 0.29) is 23.8 Å². The Labute approximate surface area is 110 Å². The second kappa shape index (κ2) is 5.29. The zero-order chi connectivity index (χ0) is 14.0. The van der Waals surface area contributed by atoms with E-state index in [1.165, 1.54) is 0 Å². The van der Waals surface area contributed by atoms with Gasteiger partial charge >= 0.3 is 0 Å². The first-order chi connectivity index (χ1) is 8.27. The Hall–Kier alpha value is -1.06. The van der Waals surface area contributed by atoms with Crippen LogP contribution in [0.2, 0.25) is 0 Å². The van der Waals surface area contributed by atoms with Gasteiger partial charge in [0.15, 0.2) is 0 Å². The molecule has 0 unspecified atom stereocenters. The van der Waals surface area contributed by atoms with Crippen LogP contribution in [0.1, 0.15) is 53.9 Å². The van der Waals surface area contributed by atoms with E-state index in [0.29, 0.717) is 19.4 Å². The first kappa shape index (κ1) is 15.0. The third kappa shape index (κ3) is 2.85. The van der Waals surface area contributed by atoms with Gasteiger partial charge in [0.25, 0.3) is 0 Å². The number of hydrogen-bond acceptors (Lipinski definition) is 2. The molecule has 18 heavy (non-hydrogen) atoms. The maximum Gasteiger partial charge on any atom is 0.246 e. The van der Waals surface area contributed by atoms with Gasteiger partial charge in [-0.1, -0.05) is 34.6 Å². The molecule has 0 saturated carbocycles. The highest BCUT2D eigenvalue weighted by molar-refractivity contribution is 5.97. The van der Waals surface area contributed by atoms with Crippen LogP contribution in [-0.4, -0.2) is 35.3 Å². The number of piperazine rings is 1. The highest BCUT2D eigenvalue weighted by Crippen LogP contribution is 2.29. The van der Waals surface area contributed by atoms with Gasteiger partial charge in [0, 0.05) is 6.54 Å². The molecule has 0 aromatic heterocycles. The normalized spacial score (nSPS) is 19.9. The van der Waals surface area contributed by atoms with Crippen molar-refractivity contribution in [1.82, 2.24) is 10.2 Å². The van der Waals surface area contributed by atoms with E-state index in [2.05, 4.69) is 26.1 Å². The summed E-state index contributed by atoms with van der Waals surface area (Å²) in [5, 5.41) is 2.72.